The number of benzene rings is 1. The van der Waals surface area contributed by atoms with Crippen molar-refractivity contribution in [3.8, 4) is 0 Å². The summed E-state index contributed by atoms with van der Waals surface area (Å²) in [7, 11) is 0. The lowest BCUT2D eigenvalue weighted by molar-refractivity contribution is 0.763. The SMILES string of the molecule is Cc1[nH]c2c(C(C)C)cccc2c1C1CCNC1. The first-order valence-electron chi connectivity index (χ1n) is 7.00. The average Bonchev–Trinajstić information content (AvgIpc) is 2.93. The van der Waals surface area contributed by atoms with E-state index in [0.29, 0.717) is 11.8 Å². The second-order valence-electron chi connectivity index (χ2n) is 5.78. The molecule has 0 saturated carbocycles. The predicted molar refractivity (Wildman–Crippen MR) is 77.4 cm³/mol. The molecular weight excluding hydrogens is 220 g/mol. The number of aromatic amines is 1. The van der Waals surface area contributed by atoms with Gasteiger partial charge >= 0.3 is 0 Å². The first kappa shape index (κ1) is 11.8. The third-order valence-corrected chi connectivity index (χ3v) is 4.19. The Kier molecular flexibility index (Phi) is 2.90. The van der Waals surface area contributed by atoms with Gasteiger partial charge in [-0.2, -0.15) is 0 Å². The van der Waals surface area contributed by atoms with Crippen LogP contribution in [-0.2, 0) is 0 Å². The molecule has 1 saturated heterocycles. The monoisotopic (exact) mass is 242 g/mol. The third kappa shape index (κ3) is 1.76. The van der Waals surface area contributed by atoms with Gasteiger partial charge in [0.25, 0.3) is 0 Å². The summed E-state index contributed by atoms with van der Waals surface area (Å²) in [5.74, 6) is 1.25. The summed E-state index contributed by atoms with van der Waals surface area (Å²) < 4.78 is 0. The molecule has 0 spiro atoms. The van der Waals surface area contributed by atoms with E-state index in [2.05, 4.69) is 49.3 Å². The van der Waals surface area contributed by atoms with Crippen LogP contribution in [0, 0.1) is 6.92 Å². The molecule has 96 valence electrons. The minimum Gasteiger partial charge on any atom is -0.358 e. The van der Waals surface area contributed by atoms with Crippen LogP contribution in [-0.4, -0.2) is 18.1 Å². The summed E-state index contributed by atoms with van der Waals surface area (Å²) in [6.45, 7) is 9.03. The zero-order chi connectivity index (χ0) is 12.7. The summed E-state index contributed by atoms with van der Waals surface area (Å²) in [5.41, 5.74) is 5.68. The number of H-pyrrole nitrogens is 1. The molecule has 2 nitrogen and oxygen atoms in total. The quantitative estimate of drug-likeness (QED) is 0.826. The zero-order valence-corrected chi connectivity index (χ0v) is 11.5. The number of hydrogen-bond acceptors (Lipinski definition) is 1. The van der Waals surface area contributed by atoms with Crippen LogP contribution in [0.5, 0.6) is 0 Å². The summed E-state index contributed by atoms with van der Waals surface area (Å²) >= 11 is 0. The number of aromatic nitrogens is 1. The molecule has 2 heterocycles. The largest absolute Gasteiger partial charge is 0.358 e. The van der Waals surface area contributed by atoms with E-state index >= 15 is 0 Å². The Balaban J connectivity index is 2.20. The first-order valence-corrected chi connectivity index (χ1v) is 7.00. The molecule has 1 atom stereocenters. The third-order valence-electron chi connectivity index (χ3n) is 4.19. The molecule has 18 heavy (non-hydrogen) atoms. The Bertz CT molecular complexity index is 560. The first-order chi connectivity index (χ1) is 8.68. The van der Waals surface area contributed by atoms with Gasteiger partial charge in [-0.15, -0.1) is 0 Å². The highest BCUT2D eigenvalue weighted by atomic mass is 14.9. The van der Waals surface area contributed by atoms with Gasteiger partial charge in [0.15, 0.2) is 0 Å². The van der Waals surface area contributed by atoms with E-state index < -0.39 is 0 Å². The van der Waals surface area contributed by atoms with E-state index in [1.807, 2.05) is 0 Å². The van der Waals surface area contributed by atoms with Gasteiger partial charge in [-0.25, -0.2) is 0 Å². The van der Waals surface area contributed by atoms with Crippen molar-refractivity contribution in [1.82, 2.24) is 10.3 Å². The molecule has 0 amide bonds. The van der Waals surface area contributed by atoms with Crippen LogP contribution in [0.4, 0.5) is 0 Å². The van der Waals surface area contributed by atoms with Crippen molar-refractivity contribution in [2.45, 2.75) is 39.0 Å². The van der Waals surface area contributed by atoms with Crippen LogP contribution in [0.15, 0.2) is 18.2 Å². The molecule has 0 aliphatic carbocycles. The highest BCUT2D eigenvalue weighted by Gasteiger charge is 2.23. The van der Waals surface area contributed by atoms with Crippen molar-refractivity contribution in [3.63, 3.8) is 0 Å². The Morgan fingerprint density at radius 1 is 1.28 bits per heavy atom. The maximum atomic E-state index is 3.63. The fraction of sp³-hybridized carbons (Fsp3) is 0.500. The molecule has 1 unspecified atom stereocenters. The van der Waals surface area contributed by atoms with Crippen LogP contribution < -0.4 is 5.32 Å². The lowest BCUT2D eigenvalue weighted by Gasteiger charge is -2.10. The van der Waals surface area contributed by atoms with Crippen LogP contribution in [0.3, 0.4) is 0 Å². The smallest absolute Gasteiger partial charge is 0.0494 e. The molecule has 2 heteroatoms. The van der Waals surface area contributed by atoms with E-state index in [0.717, 1.165) is 13.1 Å². The number of hydrogen-bond donors (Lipinski definition) is 2. The Hall–Kier alpha value is -1.28. The molecule has 3 rings (SSSR count). The van der Waals surface area contributed by atoms with Gasteiger partial charge in [0.1, 0.15) is 0 Å². The molecule has 1 fully saturated rings. The van der Waals surface area contributed by atoms with Crippen LogP contribution in [0.2, 0.25) is 0 Å². The topological polar surface area (TPSA) is 27.8 Å². The minimum absolute atomic E-state index is 0.571. The van der Waals surface area contributed by atoms with Crippen molar-refractivity contribution in [2.24, 2.45) is 0 Å². The molecule has 2 N–H and O–H groups in total. The molecule has 1 aliphatic heterocycles. The molecule has 0 bridgehead atoms. The average molecular weight is 242 g/mol. The summed E-state index contributed by atoms with van der Waals surface area (Å²) in [6, 6.07) is 6.73. The number of rotatable bonds is 2. The summed E-state index contributed by atoms with van der Waals surface area (Å²) in [4.78, 5) is 3.63. The number of fused-ring (bicyclic) bond motifs is 1. The Morgan fingerprint density at radius 3 is 2.78 bits per heavy atom. The highest BCUT2D eigenvalue weighted by Crippen LogP contribution is 2.35. The van der Waals surface area contributed by atoms with Crippen molar-refractivity contribution in [2.75, 3.05) is 13.1 Å². The molecule has 1 aromatic carbocycles. The molecule has 0 radical (unpaired) electrons. The fourth-order valence-corrected chi connectivity index (χ4v) is 3.30. The lowest BCUT2D eigenvalue weighted by atomic mass is 9.93. The van der Waals surface area contributed by atoms with E-state index in [-0.39, 0.29) is 0 Å². The maximum absolute atomic E-state index is 3.63. The van der Waals surface area contributed by atoms with Crippen LogP contribution >= 0.6 is 0 Å². The molecule has 1 aliphatic rings. The highest BCUT2D eigenvalue weighted by molar-refractivity contribution is 5.88. The number of nitrogens with one attached hydrogen (secondary N) is 2. The summed E-state index contributed by atoms with van der Waals surface area (Å²) in [6.07, 6.45) is 1.26. The van der Waals surface area contributed by atoms with Gasteiger partial charge < -0.3 is 10.3 Å². The van der Waals surface area contributed by atoms with Crippen molar-refractivity contribution in [3.05, 3.63) is 35.0 Å². The van der Waals surface area contributed by atoms with Gasteiger partial charge in [-0.3, -0.25) is 0 Å². The fourth-order valence-electron chi connectivity index (χ4n) is 3.30. The second-order valence-corrected chi connectivity index (χ2v) is 5.78. The molecular formula is C16H22N2. The van der Waals surface area contributed by atoms with Gasteiger partial charge in [0.05, 0.1) is 0 Å². The minimum atomic E-state index is 0.571. The molecule has 1 aromatic heterocycles. The van der Waals surface area contributed by atoms with Crippen molar-refractivity contribution in [1.29, 1.82) is 0 Å². The van der Waals surface area contributed by atoms with E-state index in [1.54, 1.807) is 0 Å². The standard InChI is InChI=1S/C16H22N2/c1-10(2)13-5-4-6-14-15(11(3)18-16(13)14)12-7-8-17-9-12/h4-6,10,12,17-18H,7-9H2,1-3H3. The normalized spacial score (nSPS) is 20.1. The number of para-hydroxylation sites is 1. The van der Waals surface area contributed by atoms with Crippen molar-refractivity contribution < 1.29 is 0 Å². The zero-order valence-electron chi connectivity index (χ0n) is 11.5. The molecule has 2 aromatic rings. The van der Waals surface area contributed by atoms with Gasteiger partial charge in [0, 0.05) is 23.1 Å². The lowest BCUT2D eigenvalue weighted by Crippen LogP contribution is -2.08. The van der Waals surface area contributed by atoms with E-state index in [1.165, 1.54) is 34.1 Å². The van der Waals surface area contributed by atoms with Crippen molar-refractivity contribution >= 4 is 10.9 Å². The Labute approximate surface area is 109 Å². The Morgan fingerprint density at radius 2 is 2.11 bits per heavy atom. The predicted octanol–water partition coefficient (Wildman–Crippen LogP) is 3.68. The van der Waals surface area contributed by atoms with Gasteiger partial charge in [0.2, 0.25) is 0 Å². The summed E-state index contributed by atoms with van der Waals surface area (Å²) in [5, 5.41) is 4.91. The van der Waals surface area contributed by atoms with E-state index in [9.17, 15) is 0 Å². The maximum Gasteiger partial charge on any atom is 0.0494 e. The number of aryl methyl sites for hydroxylation is 1. The van der Waals surface area contributed by atoms with E-state index in [4.69, 9.17) is 0 Å². The van der Waals surface area contributed by atoms with Crippen LogP contribution in [0.1, 0.15) is 48.9 Å². The second kappa shape index (κ2) is 4.43. The van der Waals surface area contributed by atoms with Gasteiger partial charge in [-0.1, -0.05) is 32.0 Å². The van der Waals surface area contributed by atoms with Gasteiger partial charge in [-0.05, 0) is 42.9 Å². The van der Waals surface area contributed by atoms with Crippen LogP contribution in [0.25, 0.3) is 10.9 Å².